The molecule has 1 aromatic heterocycles. The molecule has 1 aromatic carbocycles. The van der Waals surface area contributed by atoms with Gasteiger partial charge in [-0.2, -0.15) is 0 Å². The summed E-state index contributed by atoms with van der Waals surface area (Å²) in [5, 5.41) is 3.18. The van der Waals surface area contributed by atoms with Gasteiger partial charge in [0.25, 0.3) is 5.91 Å². The standard InChI is InChI=1S/C15H12ClN3O/c16-13-6-5-11(3-1-7-17)9-14(13)19-15(20)12-4-2-8-18-10-12/h2,4-6,8-10H,7,17H2,(H,19,20). The molecule has 100 valence electrons. The number of nitrogens with two attached hydrogens (primary N) is 1. The van der Waals surface area contributed by atoms with E-state index in [-0.39, 0.29) is 12.5 Å². The largest absolute Gasteiger partial charge is 0.321 e. The van der Waals surface area contributed by atoms with Gasteiger partial charge in [-0.25, -0.2) is 0 Å². The predicted molar refractivity (Wildman–Crippen MR) is 79.6 cm³/mol. The van der Waals surface area contributed by atoms with Gasteiger partial charge in [0, 0.05) is 18.0 Å². The summed E-state index contributed by atoms with van der Waals surface area (Å²) < 4.78 is 0. The second-order valence-electron chi connectivity index (χ2n) is 3.90. The number of aromatic nitrogens is 1. The van der Waals surface area contributed by atoms with Gasteiger partial charge in [0.1, 0.15) is 0 Å². The number of benzene rings is 1. The van der Waals surface area contributed by atoms with Gasteiger partial charge in [-0.15, -0.1) is 0 Å². The molecular weight excluding hydrogens is 274 g/mol. The highest BCUT2D eigenvalue weighted by Gasteiger charge is 2.08. The summed E-state index contributed by atoms with van der Waals surface area (Å²) in [5.74, 6) is 5.36. The van der Waals surface area contributed by atoms with Crippen molar-refractivity contribution in [2.45, 2.75) is 0 Å². The molecule has 0 saturated heterocycles. The SMILES string of the molecule is NCC#Cc1ccc(Cl)c(NC(=O)c2cccnc2)c1. The van der Waals surface area contributed by atoms with Crippen LogP contribution in [0.5, 0.6) is 0 Å². The number of hydrogen-bond acceptors (Lipinski definition) is 3. The van der Waals surface area contributed by atoms with Gasteiger partial charge in [-0.05, 0) is 30.3 Å². The number of nitrogens with zero attached hydrogens (tertiary/aromatic N) is 1. The Morgan fingerprint density at radius 2 is 2.25 bits per heavy atom. The normalized spacial score (nSPS) is 9.50. The van der Waals surface area contributed by atoms with E-state index < -0.39 is 0 Å². The fraction of sp³-hybridized carbons (Fsp3) is 0.0667. The van der Waals surface area contributed by atoms with Crippen molar-refractivity contribution < 1.29 is 4.79 Å². The van der Waals surface area contributed by atoms with Crippen LogP contribution in [0.3, 0.4) is 0 Å². The molecule has 3 N–H and O–H groups in total. The average molecular weight is 286 g/mol. The van der Waals surface area contributed by atoms with Gasteiger partial charge >= 0.3 is 0 Å². The van der Waals surface area contributed by atoms with Crippen molar-refractivity contribution in [3.63, 3.8) is 0 Å². The maximum atomic E-state index is 12.0. The Balaban J connectivity index is 2.22. The van der Waals surface area contributed by atoms with E-state index in [0.29, 0.717) is 16.3 Å². The van der Waals surface area contributed by atoms with Crippen molar-refractivity contribution in [3.8, 4) is 11.8 Å². The molecule has 0 atom stereocenters. The Morgan fingerprint density at radius 1 is 1.40 bits per heavy atom. The summed E-state index contributed by atoms with van der Waals surface area (Å²) in [4.78, 5) is 15.9. The maximum absolute atomic E-state index is 12.0. The van der Waals surface area contributed by atoms with Crippen LogP contribution >= 0.6 is 11.6 Å². The lowest BCUT2D eigenvalue weighted by molar-refractivity contribution is 0.102. The van der Waals surface area contributed by atoms with Crippen molar-refractivity contribution in [1.82, 2.24) is 4.98 Å². The predicted octanol–water partition coefficient (Wildman–Crippen LogP) is 2.30. The smallest absolute Gasteiger partial charge is 0.257 e. The van der Waals surface area contributed by atoms with E-state index in [4.69, 9.17) is 17.3 Å². The molecule has 2 aromatic rings. The third kappa shape index (κ3) is 3.58. The monoisotopic (exact) mass is 285 g/mol. The molecule has 0 unspecified atom stereocenters. The Bertz CT molecular complexity index is 675. The van der Waals surface area contributed by atoms with E-state index in [2.05, 4.69) is 22.1 Å². The lowest BCUT2D eigenvalue weighted by Crippen LogP contribution is -2.12. The van der Waals surface area contributed by atoms with Crippen molar-refractivity contribution >= 4 is 23.2 Å². The van der Waals surface area contributed by atoms with Crippen molar-refractivity contribution in [2.24, 2.45) is 5.73 Å². The highest BCUT2D eigenvalue weighted by Crippen LogP contribution is 2.23. The number of nitrogens with one attached hydrogen (secondary N) is 1. The minimum Gasteiger partial charge on any atom is -0.321 e. The first-order valence-electron chi connectivity index (χ1n) is 5.90. The quantitative estimate of drug-likeness (QED) is 0.832. The van der Waals surface area contributed by atoms with Gasteiger partial charge in [0.05, 0.1) is 22.8 Å². The van der Waals surface area contributed by atoms with Crippen LogP contribution in [-0.4, -0.2) is 17.4 Å². The summed E-state index contributed by atoms with van der Waals surface area (Å²) in [6.45, 7) is 0.278. The molecule has 0 aliphatic carbocycles. The summed E-state index contributed by atoms with van der Waals surface area (Å²) in [7, 11) is 0. The fourth-order valence-corrected chi connectivity index (χ4v) is 1.71. The Morgan fingerprint density at radius 3 is 2.95 bits per heavy atom. The Hall–Kier alpha value is -2.35. The van der Waals surface area contributed by atoms with Gasteiger partial charge < -0.3 is 11.1 Å². The molecule has 20 heavy (non-hydrogen) atoms. The van der Waals surface area contributed by atoms with Gasteiger partial charge in [-0.3, -0.25) is 9.78 Å². The first-order chi connectivity index (χ1) is 9.70. The van der Waals surface area contributed by atoms with Gasteiger partial charge in [0.15, 0.2) is 0 Å². The first-order valence-corrected chi connectivity index (χ1v) is 6.28. The Labute approximate surface area is 122 Å². The van der Waals surface area contributed by atoms with Gasteiger partial charge in [-0.1, -0.05) is 23.4 Å². The third-order valence-electron chi connectivity index (χ3n) is 2.47. The molecule has 0 bridgehead atoms. The number of anilines is 1. The summed E-state index contributed by atoms with van der Waals surface area (Å²) >= 11 is 6.06. The lowest BCUT2D eigenvalue weighted by Gasteiger charge is -2.07. The maximum Gasteiger partial charge on any atom is 0.257 e. The van der Waals surface area contributed by atoms with Crippen molar-refractivity contribution in [2.75, 3.05) is 11.9 Å². The van der Waals surface area contributed by atoms with Gasteiger partial charge in [0.2, 0.25) is 0 Å². The molecule has 0 spiro atoms. The third-order valence-corrected chi connectivity index (χ3v) is 2.80. The van der Waals surface area contributed by atoms with E-state index in [9.17, 15) is 4.79 Å². The molecule has 0 aliphatic heterocycles. The second-order valence-corrected chi connectivity index (χ2v) is 4.30. The van der Waals surface area contributed by atoms with Crippen LogP contribution in [0.2, 0.25) is 5.02 Å². The number of hydrogen-bond donors (Lipinski definition) is 2. The van der Waals surface area contributed by atoms with Crippen LogP contribution in [-0.2, 0) is 0 Å². The zero-order valence-corrected chi connectivity index (χ0v) is 11.3. The molecule has 1 amide bonds. The lowest BCUT2D eigenvalue weighted by atomic mass is 10.2. The fourth-order valence-electron chi connectivity index (χ4n) is 1.54. The molecule has 0 aliphatic rings. The number of carbonyl (C=O) groups is 1. The molecule has 5 heteroatoms. The van der Waals surface area contributed by atoms with Crippen molar-refractivity contribution in [3.05, 3.63) is 58.9 Å². The summed E-state index contributed by atoms with van der Waals surface area (Å²) in [6, 6.07) is 8.53. The number of pyridine rings is 1. The molecule has 4 nitrogen and oxygen atoms in total. The van der Waals surface area contributed by atoms with E-state index in [1.807, 2.05) is 0 Å². The van der Waals surface area contributed by atoms with Crippen molar-refractivity contribution in [1.29, 1.82) is 0 Å². The topological polar surface area (TPSA) is 68.0 Å². The van der Waals surface area contributed by atoms with Crippen LogP contribution in [0.15, 0.2) is 42.7 Å². The highest BCUT2D eigenvalue weighted by atomic mass is 35.5. The molecule has 0 saturated carbocycles. The number of rotatable bonds is 2. The average Bonchev–Trinajstić information content (AvgIpc) is 2.49. The molecule has 0 fully saturated rings. The van der Waals surface area contributed by atoms with Crippen LogP contribution in [0.25, 0.3) is 0 Å². The van der Waals surface area contributed by atoms with Crippen LogP contribution in [0, 0.1) is 11.8 Å². The van der Waals surface area contributed by atoms with E-state index in [0.717, 1.165) is 5.56 Å². The van der Waals surface area contributed by atoms with E-state index in [1.165, 1.54) is 6.20 Å². The number of carbonyl (C=O) groups excluding carboxylic acids is 1. The molecular formula is C15H12ClN3O. The molecule has 0 radical (unpaired) electrons. The zero-order valence-electron chi connectivity index (χ0n) is 10.6. The summed E-state index contributed by atoms with van der Waals surface area (Å²) in [5.41, 5.74) is 7.03. The minimum atomic E-state index is -0.274. The molecule has 1 heterocycles. The zero-order chi connectivity index (χ0) is 14.4. The molecule has 2 rings (SSSR count). The number of halogens is 1. The second kappa shape index (κ2) is 6.71. The van der Waals surface area contributed by atoms with E-state index in [1.54, 1.807) is 36.5 Å². The van der Waals surface area contributed by atoms with Crippen LogP contribution in [0.1, 0.15) is 15.9 Å². The Kier molecular flexibility index (Phi) is 4.72. The summed E-state index contributed by atoms with van der Waals surface area (Å²) in [6.07, 6.45) is 3.09. The minimum absolute atomic E-state index is 0.274. The number of amides is 1. The first kappa shape index (κ1) is 14.1. The highest BCUT2D eigenvalue weighted by molar-refractivity contribution is 6.34. The van der Waals surface area contributed by atoms with Crippen LogP contribution < -0.4 is 11.1 Å². The van der Waals surface area contributed by atoms with Crippen LogP contribution in [0.4, 0.5) is 5.69 Å². The van der Waals surface area contributed by atoms with E-state index >= 15 is 0 Å².